The van der Waals surface area contributed by atoms with Crippen molar-refractivity contribution in [2.45, 2.75) is 128 Å². The maximum atomic E-state index is 3.90. The van der Waals surface area contributed by atoms with Crippen LogP contribution in [0.3, 0.4) is 0 Å². The van der Waals surface area contributed by atoms with E-state index in [1.54, 1.807) is 0 Å². The van der Waals surface area contributed by atoms with Gasteiger partial charge >= 0.3 is 0 Å². The highest BCUT2D eigenvalue weighted by atomic mass is 15.0. The maximum Gasteiger partial charge on any atom is 0.0182 e. The molecule has 2 fully saturated rings. The lowest BCUT2D eigenvalue weighted by Crippen LogP contribution is -2.57. The molecule has 0 spiro atoms. The summed E-state index contributed by atoms with van der Waals surface area (Å²) >= 11 is 0. The Morgan fingerprint density at radius 2 is 1.08 bits per heavy atom. The summed E-state index contributed by atoms with van der Waals surface area (Å²) in [7, 11) is 0. The van der Waals surface area contributed by atoms with Crippen LogP contribution in [0.2, 0.25) is 0 Å². The Bertz CT molecular complexity index is 526. The number of aromatic amines is 1. The third-order valence-corrected chi connectivity index (χ3v) is 6.66. The van der Waals surface area contributed by atoms with Gasteiger partial charge in [-0.1, -0.05) is 51.4 Å². The van der Waals surface area contributed by atoms with E-state index in [1.165, 1.54) is 88.4 Å². The third kappa shape index (κ3) is 5.62. The lowest BCUT2D eigenvalue weighted by Gasteiger charge is -2.46. The number of aromatic nitrogens is 1. The molecule has 0 aromatic carbocycles. The monoisotopic (exact) mass is 358 g/mol. The fourth-order valence-corrected chi connectivity index (χ4v) is 5.75. The van der Waals surface area contributed by atoms with E-state index >= 15 is 0 Å². The molecule has 1 aliphatic carbocycles. The molecule has 2 aliphatic rings. The first-order chi connectivity index (χ1) is 12.3. The van der Waals surface area contributed by atoms with Gasteiger partial charge in [0, 0.05) is 28.4 Å². The van der Waals surface area contributed by atoms with Gasteiger partial charge in [0.15, 0.2) is 0 Å². The quantitative estimate of drug-likeness (QED) is 0.583. The molecule has 148 valence electrons. The summed E-state index contributed by atoms with van der Waals surface area (Å²) in [5.41, 5.74) is 3.43. The van der Waals surface area contributed by atoms with Crippen LogP contribution in [0.25, 0.3) is 0 Å². The van der Waals surface area contributed by atoms with Gasteiger partial charge in [0.2, 0.25) is 0 Å². The highest BCUT2D eigenvalue weighted by Crippen LogP contribution is 2.39. The molecular weight excluding hydrogens is 316 g/mol. The van der Waals surface area contributed by atoms with Gasteiger partial charge in [0.1, 0.15) is 0 Å². The molecule has 0 radical (unpaired) electrons. The van der Waals surface area contributed by atoms with E-state index in [1.807, 2.05) is 0 Å². The van der Waals surface area contributed by atoms with Crippen molar-refractivity contribution in [2.75, 3.05) is 0 Å². The minimum Gasteiger partial charge on any atom is -0.362 e. The van der Waals surface area contributed by atoms with Crippen LogP contribution in [0.4, 0.5) is 0 Å². The molecule has 0 atom stereocenters. The van der Waals surface area contributed by atoms with E-state index in [9.17, 15) is 0 Å². The molecule has 0 unspecified atom stereocenters. The molecule has 0 amide bonds. The van der Waals surface area contributed by atoms with Crippen LogP contribution in [0.15, 0.2) is 12.1 Å². The minimum atomic E-state index is 0.215. The molecule has 0 bridgehead atoms. The molecule has 2 heteroatoms. The number of rotatable bonds is 2. The molecule has 2 N–H and O–H groups in total. The van der Waals surface area contributed by atoms with Crippen molar-refractivity contribution in [3.05, 3.63) is 23.5 Å². The second kappa shape index (κ2) is 8.50. The molecule has 1 saturated heterocycles. The first kappa shape index (κ1) is 20.0. The standard InChI is InChI=1S/C24H42N2/c1-23(2)17-20(18-24(3,4)26-23)22-16-15-21(25-22)19-13-11-9-7-5-6-8-10-12-14-19/h15-16,19-20,25-26H,5-14,17-18H2,1-4H3. The molecule has 1 aromatic rings. The summed E-state index contributed by atoms with van der Waals surface area (Å²) in [6.45, 7) is 9.42. The Balaban J connectivity index is 1.69. The topological polar surface area (TPSA) is 27.8 Å². The minimum absolute atomic E-state index is 0.215. The molecule has 3 rings (SSSR count). The average molecular weight is 359 g/mol. The number of hydrogen-bond donors (Lipinski definition) is 2. The summed E-state index contributed by atoms with van der Waals surface area (Å²) in [5, 5.41) is 3.82. The zero-order chi connectivity index (χ0) is 18.6. The van der Waals surface area contributed by atoms with Gasteiger partial charge in [0.25, 0.3) is 0 Å². The predicted molar refractivity (Wildman–Crippen MR) is 113 cm³/mol. The zero-order valence-electron chi connectivity index (χ0n) is 17.8. The predicted octanol–water partition coefficient (Wildman–Crippen LogP) is 7.04. The number of H-pyrrole nitrogens is 1. The van der Waals surface area contributed by atoms with Crippen LogP contribution in [-0.2, 0) is 0 Å². The van der Waals surface area contributed by atoms with Crippen molar-refractivity contribution in [3.63, 3.8) is 0 Å². The third-order valence-electron chi connectivity index (χ3n) is 6.66. The summed E-state index contributed by atoms with van der Waals surface area (Å²) < 4.78 is 0. The lowest BCUT2D eigenvalue weighted by molar-refractivity contribution is 0.160. The second-order valence-corrected chi connectivity index (χ2v) is 10.5. The zero-order valence-corrected chi connectivity index (χ0v) is 17.8. The van der Waals surface area contributed by atoms with Crippen molar-refractivity contribution < 1.29 is 0 Å². The normalized spacial score (nSPS) is 26.3. The molecular formula is C24H42N2. The Morgan fingerprint density at radius 1 is 0.654 bits per heavy atom. The number of nitrogens with one attached hydrogen (secondary N) is 2. The van der Waals surface area contributed by atoms with Crippen LogP contribution in [0.5, 0.6) is 0 Å². The molecule has 2 nitrogen and oxygen atoms in total. The van der Waals surface area contributed by atoms with E-state index in [2.05, 4.69) is 50.1 Å². The van der Waals surface area contributed by atoms with Gasteiger partial charge in [-0.3, -0.25) is 0 Å². The highest BCUT2D eigenvalue weighted by molar-refractivity contribution is 5.22. The molecule has 2 heterocycles. The van der Waals surface area contributed by atoms with E-state index in [0.717, 1.165) is 5.92 Å². The molecule has 1 aromatic heterocycles. The van der Waals surface area contributed by atoms with Crippen molar-refractivity contribution in [1.82, 2.24) is 10.3 Å². The maximum absolute atomic E-state index is 3.90. The highest BCUT2D eigenvalue weighted by Gasteiger charge is 2.38. The largest absolute Gasteiger partial charge is 0.362 e. The van der Waals surface area contributed by atoms with Crippen molar-refractivity contribution in [1.29, 1.82) is 0 Å². The fraction of sp³-hybridized carbons (Fsp3) is 0.833. The van der Waals surface area contributed by atoms with Crippen molar-refractivity contribution in [2.24, 2.45) is 0 Å². The van der Waals surface area contributed by atoms with E-state index in [0.29, 0.717) is 5.92 Å². The van der Waals surface area contributed by atoms with E-state index < -0.39 is 0 Å². The molecule has 26 heavy (non-hydrogen) atoms. The Morgan fingerprint density at radius 3 is 1.58 bits per heavy atom. The van der Waals surface area contributed by atoms with Crippen LogP contribution < -0.4 is 5.32 Å². The second-order valence-electron chi connectivity index (χ2n) is 10.5. The van der Waals surface area contributed by atoms with Crippen LogP contribution >= 0.6 is 0 Å². The fourth-order valence-electron chi connectivity index (χ4n) is 5.75. The Hall–Kier alpha value is -0.760. The van der Waals surface area contributed by atoms with Gasteiger partial charge in [-0.05, 0) is 71.4 Å². The van der Waals surface area contributed by atoms with Gasteiger partial charge in [-0.2, -0.15) is 0 Å². The van der Waals surface area contributed by atoms with Crippen molar-refractivity contribution >= 4 is 0 Å². The summed E-state index contributed by atoms with van der Waals surface area (Å²) in [6, 6.07) is 4.82. The van der Waals surface area contributed by atoms with Crippen molar-refractivity contribution in [3.8, 4) is 0 Å². The SMILES string of the molecule is CC1(C)CC(c2ccc(C3CCCCCCCCCC3)[nH]2)CC(C)(C)N1. The van der Waals surface area contributed by atoms with Gasteiger partial charge < -0.3 is 10.3 Å². The summed E-state index contributed by atoms with van der Waals surface area (Å²) in [4.78, 5) is 3.90. The Kier molecular flexibility index (Phi) is 6.54. The first-order valence-corrected chi connectivity index (χ1v) is 11.3. The Labute approximate surface area is 161 Å². The number of hydrogen-bond acceptors (Lipinski definition) is 1. The molecule has 1 saturated carbocycles. The van der Waals surface area contributed by atoms with Gasteiger partial charge in [-0.25, -0.2) is 0 Å². The first-order valence-electron chi connectivity index (χ1n) is 11.3. The molecule has 1 aliphatic heterocycles. The number of piperidine rings is 1. The van der Waals surface area contributed by atoms with Gasteiger partial charge in [0.05, 0.1) is 0 Å². The summed E-state index contributed by atoms with van der Waals surface area (Å²) in [6.07, 6.45) is 16.7. The lowest BCUT2D eigenvalue weighted by atomic mass is 9.75. The van der Waals surface area contributed by atoms with Crippen LogP contribution in [0, 0.1) is 0 Å². The van der Waals surface area contributed by atoms with Crippen LogP contribution in [0.1, 0.15) is 128 Å². The van der Waals surface area contributed by atoms with E-state index in [-0.39, 0.29) is 11.1 Å². The van der Waals surface area contributed by atoms with Gasteiger partial charge in [-0.15, -0.1) is 0 Å². The average Bonchev–Trinajstić information content (AvgIpc) is 2.99. The smallest absolute Gasteiger partial charge is 0.0182 e. The summed E-state index contributed by atoms with van der Waals surface area (Å²) in [5.74, 6) is 1.40. The van der Waals surface area contributed by atoms with E-state index in [4.69, 9.17) is 0 Å². The van der Waals surface area contributed by atoms with Crippen LogP contribution in [-0.4, -0.2) is 16.1 Å².